The standard InChI is InChI=1S/C15H17N3O3/c1-20-10-6-9(7-11(8-10)21-2)18-14-12(15(17)19)4-3-5-13(14)16/h3-8,18H,16H2,1-2H3,(H2,17,19). The number of nitrogen functional groups attached to an aromatic ring is 1. The number of anilines is 3. The quantitative estimate of drug-likeness (QED) is 0.731. The molecule has 2 aromatic rings. The molecule has 0 aliphatic carbocycles. The first-order chi connectivity index (χ1) is 10.0. The van der Waals surface area contributed by atoms with Crippen molar-refractivity contribution < 1.29 is 14.3 Å². The third-order valence-corrected chi connectivity index (χ3v) is 2.98. The Hall–Kier alpha value is -2.89. The third kappa shape index (κ3) is 3.17. The lowest BCUT2D eigenvalue weighted by Gasteiger charge is -2.14. The number of para-hydroxylation sites is 1. The molecular weight excluding hydrogens is 270 g/mol. The lowest BCUT2D eigenvalue weighted by atomic mass is 10.1. The molecule has 0 fully saturated rings. The van der Waals surface area contributed by atoms with Gasteiger partial charge < -0.3 is 26.3 Å². The Morgan fingerprint density at radius 3 is 2.24 bits per heavy atom. The summed E-state index contributed by atoms with van der Waals surface area (Å²) < 4.78 is 10.4. The smallest absolute Gasteiger partial charge is 0.250 e. The van der Waals surface area contributed by atoms with Crippen molar-refractivity contribution in [2.45, 2.75) is 0 Å². The molecule has 1 amide bonds. The Balaban J connectivity index is 2.45. The molecule has 6 nitrogen and oxygen atoms in total. The van der Waals surface area contributed by atoms with E-state index in [-0.39, 0.29) is 0 Å². The van der Waals surface area contributed by atoms with E-state index in [9.17, 15) is 4.79 Å². The molecule has 0 saturated heterocycles. The highest BCUT2D eigenvalue weighted by molar-refractivity contribution is 6.02. The van der Waals surface area contributed by atoms with E-state index in [0.717, 1.165) is 0 Å². The van der Waals surface area contributed by atoms with Crippen molar-refractivity contribution >= 4 is 23.0 Å². The fourth-order valence-electron chi connectivity index (χ4n) is 1.94. The van der Waals surface area contributed by atoms with E-state index < -0.39 is 5.91 Å². The molecule has 2 aromatic carbocycles. The first-order valence-electron chi connectivity index (χ1n) is 6.23. The van der Waals surface area contributed by atoms with E-state index in [4.69, 9.17) is 20.9 Å². The molecule has 0 unspecified atom stereocenters. The zero-order chi connectivity index (χ0) is 15.4. The molecule has 6 heteroatoms. The van der Waals surface area contributed by atoms with Crippen molar-refractivity contribution in [3.63, 3.8) is 0 Å². The van der Waals surface area contributed by atoms with Gasteiger partial charge in [-0.1, -0.05) is 6.07 Å². The normalized spacial score (nSPS) is 10.0. The number of nitrogens with one attached hydrogen (secondary N) is 1. The molecule has 21 heavy (non-hydrogen) atoms. The van der Waals surface area contributed by atoms with Crippen LogP contribution in [-0.4, -0.2) is 20.1 Å². The highest BCUT2D eigenvalue weighted by atomic mass is 16.5. The second-order valence-electron chi connectivity index (χ2n) is 4.36. The van der Waals surface area contributed by atoms with E-state index >= 15 is 0 Å². The molecule has 5 N–H and O–H groups in total. The molecule has 0 aliphatic rings. The minimum Gasteiger partial charge on any atom is -0.497 e. The maximum absolute atomic E-state index is 11.5. The summed E-state index contributed by atoms with van der Waals surface area (Å²) in [6.07, 6.45) is 0. The number of carbonyl (C=O) groups is 1. The van der Waals surface area contributed by atoms with E-state index in [1.165, 1.54) is 0 Å². The SMILES string of the molecule is COc1cc(Nc2c(N)cccc2C(N)=O)cc(OC)c1. The Labute approximate surface area is 122 Å². The van der Waals surface area contributed by atoms with E-state index in [0.29, 0.717) is 34.1 Å². The van der Waals surface area contributed by atoms with Crippen LogP contribution in [0.15, 0.2) is 36.4 Å². The fraction of sp³-hybridized carbons (Fsp3) is 0.133. The molecule has 0 aromatic heterocycles. The summed E-state index contributed by atoms with van der Waals surface area (Å²) >= 11 is 0. The molecule has 2 rings (SSSR count). The lowest BCUT2D eigenvalue weighted by molar-refractivity contribution is 0.100. The lowest BCUT2D eigenvalue weighted by Crippen LogP contribution is -2.14. The molecule has 0 aliphatic heterocycles. The van der Waals surface area contributed by atoms with Gasteiger partial charge in [-0.2, -0.15) is 0 Å². The van der Waals surface area contributed by atoms with Crippen molar-refractivity contribution in [2.24, 2.45) is 5.73 Å². The van der Waals surface area contributed by atoms with Crippen LogP contribution in [0.3, 0.4) is 0 Å². The molecular formula is C15H17N3O3. The number of amides is 1. The molecule has 110 valence electrons. The first kappa shape index (κ1) is 14.5. The average molecular weight is 287 g/mol. The van der Waals surface area contributed by atoms with Gasteiger partial charge >= 0.3 is 0 Å². The van der Waals surface area contributed by atoms with Gasteiger partial charge in [0.1, 0.15) is 11.5 Å². The van der Waals surface area contributed by atoms with Gasteiger partial charge in [-0.3, -0.25) is 4.79 Å². The molecule has 0 radical (unpaired) electrons. The number of rotatable bonds is 5. The molecule has 0 spiro atoms. The van der Waals surface area contributed by atoms with E-state index in [2.05, 4.69) is 5.32 Å². The van der Waals surface area contributed by atoms with Crippen LogP contribution in [0.1, 0.15) is 10.4 Å². The van der Waals surface area contributed by atoms with Gasteiger partial charge in [0.15, 0.2) is 0 Å². The predicted molar refractivity (Wildman–Crippen MR) is 82.2 cm³/mol. The maximum atomic E-state index is 11.5. The molecule has 0 saturated carbocycles. The van der Waals surface area contributed by atoms with Gasteiger partial charge in [0.05, 0.1) is 31.2 Å². The zero-order valence-electron chi connectivity index (χ0n) is 11.8. The van der Waals surface area contributed by atoms with Crippen LogP contribution >= 0.6 is 0 Å². The average Bonchev–Trinajstić information content (AvgIpc) is 2.48. The largest absolute Gasteiger partial charge is 0.497 e. The summed E-state index contributed by atoms with van der Waals surface area (Å²) in [5, 5.41) is 3.09. The summed E-state index contributed by atoms with van der Waals surface area (Å²) in [7, 11) is 3.12. The number of benzene rings is 2. The minimum atomic E-state index is -0.556. The molecule has 0 atom stereocenters. The second kappa shape index (κ2) is 6.04. The Morgan fingerprint density at radius 1 is 1.10 bits per heavy atom. The Kier molecular flexibility index (Phi) is 4.18. The summed E-state index contributed by atoms with van der Waals surface area (Å²) in [6, 6.07) is 10.2. The van der Waals surface area contributed by atoms with Crippen molar-refractivity contribution in [3.8, 4) is 11.5 Å². The predicted octanol–water partition coefficient (Wildman–Crippen LogP) is 2.13. The van der Waals surface area contributed by atoms with Gasteiger partial charge in [-0.25, -0.2) is 0 Å². The van der Waals surface area contributed by atoms with Crippen molar-refractivity contribution in [2.75, 3.05) is 25.3 Å². The van der Waals surface area contributed by atoms with Crippen LogP contribution in [0.25, 0.3) is 0 Å². The van der Waals surface area contributed by atoms with Crippen LogP contribution in [0.2, 0.25) is 0 Å². The van der Waals surface area contributed by atoms with Crippen LogP contribution in [-0.2, 0) is 0 Å². The van der Waals surface area contributed by atoms with Crippen molar-refractivity contribution in [3.05, 3.63) is 42.0 Å². The van der Waals surface area contributed by atoms with Gasteiger partial charge in [0.2, 0.25) is 0 Å². The summed E-state index contributed by atoms with van der Waals surface area (Å²) in [5.74, 6) is 0.679. The summed E-state index contributed by atoms with van der Waals surface area (Å²) in [6.45, 7) is 0. The zero-order valence-corrected chi connectivity index (χ0v) is 11.8. The number of methoxy groups -OCH3 is 2. The monoisotopic (exact) mass is 287 g/mol. The van der Waals surface area contributed by atoms with Gasteiger partial charge in [0, 0.05) is 23.9 Å². The highest BCUT2D eigenvalue weighted by Crippen LogP contribution is 2.31. The number of primary amides is 1. The van der Waals surface area contributed by atoms with Crippen LogP contribution < -0.4 is 26.3 Å². The van der Waals surface area contributed by atoms with Gasteiger partial charge in [-0.15, -0.1) is 0 Å². The van der Waals surface area contributed by atoms with Gasteiger partial charge in [-0.05, 0) is 12.1 Å². The number of hydrogen-bond acceptors (Lipinski definition) is 5. The minimum absolute atomic E-state index is 0.316. The van der Waals surface area contributed by atoms with Crippen molar-refractivity contribution in [1.29, 1.82) is 0 Å². The number of nitrogens with two attached hydrogens (primary N) is 2. The molecule has 0 bridgehead atoms. The van der Waals surface area contributed by atoms with Crippen molar-refractivity contribution in [1.82, 2.24) is 0 Å². The third-order valence-electron chi connectivity index (χ3n) is 2.98. The Morgan fingerprint density at radius 2 is 1.71 bits per heavy atom. The van der Waals surface area contributed by atoms with Gasteiger partial charge in [0.25, 0.3) is 5.91 Å². The highest BCUT2D eigenvalue weighted by Gasteiger charge is 2.12. The number of carbonyl (C=O) groups excluding carboxylic acids is 1. The van der Waals surface area contributed by atoms with Crippen LogP contribution in [0.5, 0.6) is 11.5 Å². The molecule has 0 heterocycles. The van der Waals surface area contributed by atoms with E-state index in [1.807, 2.05) is 0 Å². The Bertz CT molecular complexity index is 649. The number of hydrogen-bond donors (Lipinski definition) is 3. The van der Waals surface area contributed by atoms with Crippen LogP contribution in [0, 0.1) is 0 Å². The topological polar surface area (TPSA) is 99.6 Å². The van der Waals surface area contributed by atoms with Crippen LogP contribution in [0.4, 0.5) is 17.1 Å². The van der Waals surface area contributed by atoms with E-state index in [1.54, 1.807) is 50.6 Å². The summed E-state index contributed by atoms with van der Waals surface area (Å²) in [5.41, 5.74) is 13.2. The summed E-state index contributed by atoms with van der Waals surface area (Å²) in [4.78, 5) is 11.5. The number of ether oxygens (including phenoxy) is 2. The first-order valence-corrected chi connectivity index (χ1v) is 6.23. The fourth-order valence-corrected chi connectivity index (χ4v) is 1.94. The maximum Gasteiger partial charge on any atom is 0.250 e. The second-order valence-corrected chi connectivity index (χ2v) is 4.36.